The molecule has 0 fully saturated rings. The average Bonchev–Trinajstić information content (AvgIpc) is 3.20. The van der Waals surface area contributed by atoms with Crippen LogP contribution in [0.25, 0.3) is 0 Å². The molecule has 3 aromatic rings. The molecular formula is C19H20N4O3. The molecule has 0 aliphatic carbocycles. The number of nitrogens with one attached hydrogen (secondary N) is 2. The number of benzene rings is 1. The van der Waals surface area contributed by atoms with Crippen LogP contribution in [0.3, 0.4) is 0 Å². The Kier molecular flexibility index (Phi) is 5.82. The summed E-state index contributed by atoms with van der Waals surface area (Å²) in [5.74, 6) is 1.91. The fraction of sp³-hybridized carbons (Fsp3) is 0.211. The van der Waals surface area contributed by atoms with Crippen molar-refractivity contribution in [3.63, 3.8) is 0 Å². The maximum atomic E-state index is 12.3. The molecule has 0 bridgehead atoms. The van der Waals surface area contributed by atoms with Gasteiger partial charge in [0, 0.05) is 12.6 Å². The van der Waals surface area contributed by atoms with Gasteiger partial charge in [-0.1, -0.05) is 18.2 Å². The van der Waals surface area contributed by atoms with Crippen molar-refractivity contribution in [1.82, 2.24) is 15.3 Å². The molecule has 7 nitrogen and oxygen atoms in total. The topological polar surface area (TPSA) is 89.3 Å². The van der Waals surface area contributed by atoms with Gasteiger partial charge >= 0.3 is 0 Å². The lowest BCUT2D eigenvalue weighted by atomic mass is 10.1. The minimum Gasteiger partial charge on any atom is -0.496 e. The molecule has 0 saturated heterocycles. The van der Waals surface area contributed by atoms with E-state index in [1.54, 1.807) is 19.4 Å². The first-order valence-corrected chi connectivity index (χ1v) is 8.24. The van der Waals surface area contributed by atoms with Crippen molar-refractivity contribution in [1.29, 1.82) is 0 Å². The quantitative estimate of drug-likeness (QED) is 0.648. The largest absolute Gasteiger partial charge is 0.496 e. The van der Waals surface area contributed by atoms with Crippen LogP contribution in [0.2, 0.25) is 0 Å². The van der Waals surface area contributed by atoms with Gasteiger partial charge in [0.25, 0.3) is 5.91 Å². The average molecular weight is 352 g/mol. The molecule has 7 heteroatoms. The minimum atomic E-state index is -0.247. The number of methoxy groups -OCH3 is 1. The highest BCUT2D eigenvalue weighted by Crippen LogP contribution is 2.17. The second kappa shape index (κ2) is 8.66. The molecule has 2 aromatic heterocycles. The lowest BCUT2D eigenvalue weighted by Gasteiger charge is -2.09. The lowest BCUT2D eigenvalue weighted by molar-refractivity contribution is 0.0949. The number of furan rings is 1. The number of anilines is 1. The number of rotatable bonds is 8. The van der Waals surface area contributed by atoms with Crippen LogP contribution in [0, 0.1) is 0 Å². The van der Waals surface area contributed by atoms with Gasteiger partial charge in [0.1, 0.15) is 29.3 Å². The number of amides is 1. The van der Waals surface area contributed by atoms with E-state index in [4.69, 9.17) is 9.15 Å². The molecule has 1 amide bonds. The van der Waals surface area contributed by atoms with E-state index in [-0.39, 0.29) is 5.91 Å². The number of aromatic nitrogens is 2. The molecule has 0 atom stereocenters. The highest BCUT2D eigenvalue weighted by Gasteiger charge is 2.09. The van der Waals surface area contributed by atoms with Crippen LogP contribution in [0.5, 0.6) is 5.75 Å². The summed E-state index contributed by atoms with van der Waals surface area (Å²) in [5, 5.41) is 5.96. The number of nitrogens with zero attached hydrogens (tertiary/aromatic N) is 2. The third kappa shape index (κ3) is 4.60. The van der Waals surface area contributed by atoms with Gasteiger partial charge in [0.2, 0.25) is 0 Å². The molecule has 2 heterocycles. The Hall–Kier alpha value is -3.35. The van der Waals surface area contributed by atoms with E-state index in [1.165, 1.54) is 6.33 Å². The van der Waals surface area contributed by atoms with Crippen molar-refractivity contribution in [3.05, 3.63) is 72.1 Å². The summed E-state index contributed by atoms with van der Waals surface area (Å²) < 4.78 is 10.6. The number of hydrogen-bond acceptors (Lipinski definition) is 6. The zero-order valence-electron chi connectivity index (χ0n) is 14.4. The van der Waals surface area contributed by atoms with E-state index in [1.807, 2.05) is 36.4 Å². The molecule has 0 unspecified atom stereocenters. The van der Waals surface area contributed by atoms with Gasteiger partial charge in [0.05, 0.1) is 19.9 Å². The van der Waals surface area contributed by atoms with Gasteiger partial charge in [-0.25, -0.2) is 9.97 Å². The van der Waals surface area contributed by atoms with Crippen molar-refractivity contribution in [2.75, 3.05) is 19.0 Å². The fourth-order valence-electron chi connectivity index (χ4n) is 2.48. The third-order valence-electron chi connectivity index (χ3n) is 3.80. The van der Waals surface area contributed by atoms with Crippen LogP contribution in [-0.2, 0) is 13.0 Å². The van der Waals surface area contributed by atoms with Crippen LogP contribution < -0.4 is 15.4 Å². The molecular weight excluding hydrogens is 332 g/mol. The first kappa shape index (κ1) is 17.5. The van der Waals surface area contributed by atoms with E-state index < -0.39 is 0 Å². The van der Waals surface area contributed by atoms with E-state index in [0.717, 1.165) is 17.1 Å². The number of hydrogen-bond donors (Lipinski definition) is 2. The maximum absolute atomic E-state index is 12.3. The molecule has 0 saturated carbocycles. The Morgan fingerprint density at radius 3 is 2.88 bits per heavy atom. The Balaban J connectivity index is 1.53. The number of carbonyl (C=O) groups is 1. The number of carbonyl (C=O) groups excluding carboxylic acids is 1. The van der Waals surface area contributed by atoms with Gasteiger partial charge in [-0.05, 0) is 30.2 Å². The highest BCUT2D eigenvalue weighted by atomic mass is 16.5. The second-order valence-corrected chi connectivity index (χ2v) is 5.54. The standard InChI is InChI=1S/C19H20N4O3/c1-25-17-7-3-2-5-14(17)8-9-20-19(24)16-11-18(23-13-22-16)21-12-15-6-4-10-26-15/h2-7,10-11,13H,8-9,12H2,1H3,(H,20,24)(H,21,22,23). The van der Waals surface area contributed by atoms with Gasteiger partial charge in [-0.15, -0.1) is 0 Å². The lowest BCUT2D eigenvalue weighted by Crippen LogP contribution is -2.26. The molecule has 26 heavy (non-hydrogen) atoms. The molecule has 0 aliphatic heterocycles. The van der Waals surface area contributed by atoms with Crippen molar-refractivity contribution >= 4 is 11.7 Å². The molecule has 1 aromatic carbocycles. The number of ether oxygens (including phenoxy) is 1. The van der Waals surface area contributed by atoms with Crippen molar-refractivity contribution in [3.8, 4) is 5.75 Å². The first-order valence-electron chi connectivity index (χ1n) is 8.24. The Bertz CT molecular complexity index is 850. The predicted octanol–water partition coefficient (Wildman–Crippen LogP) is 2.66. The third-order valence-corrected chi connectivity index (χ3v) is 3.80. The van der Waals surface area contributed by atoms with Gasteiger partial charge in [0.15, 0.2) is 0 Å². The SMILES string of the molecule is COc1ccccc1CCNC(=O)c1cc(NCc2ccco2)ncn1. The van der Waals surface area contributed by atoms with Gasteiger partial charge < -0.3 is 19.8 Å². The van der Waals surface area contributed by atoms with Crippen LogP contribution in [0.4, 0.5) is 5.82 Å². The zero-order chi connectivity index (χ0) is 18.2. The summed E-state index contributed by atoms with van der Waals surface area (Å²) in [7, 11) is 1.63. The van der Waals surface area contributed by atoms with Crippen LogP contribution in [0.1, 0.15) is 21.8 Å². The van der Waals surface area contributed by atoms with Crippen molar-refractivity contribution < 1.29 is 13.9 Å². The van der Waals surface area contributed by atoms with Crippen LogP contribution >= 0.6 is 0 Å². The summed E-state index contributed by atoms with van der Waals surface area (Å²) in [6.45, 7) is 0.969. The van der Waals surface area contributed by atoms with Crippen molar-refractivity contribution in [2.45, 2.75) is 13.0 Å². The van der Waals surface area contributed by atoms with E-state index >= 15 is 0 Å². The number of para-hydroxylation sites is 1. The van der Waals surface area contributed by atoms with Gasteiger partial charge in [-0.3, -0.25) is 4.79 Å². The molecule has 3 rings (SSSR count). The van der Waals surface area contributed by atoms with Crippen LogP contribution in [0.15, 0.2) is 59.5 Å². The Morgan fingerprint density at radius 2 is 2.08 bits per heavy atom. The molecule has 0 spiro atoms. The summed E-state index contributed by atoms with van der Waals surface area (Å²) in [5.41, 5.74) is 1.35. The summed E-state index contributed by atoms with van der Waals surface area (Å²) in [6.07, 6.45) is 3.64. The smallest absolute Gasteiger partial charge is 0.270 e. The van der Waals surface area contributed by atoms with Crippen molar-refractivity contribution in [2.24, 2.45) is 0 Å². The van der Waals surface area contributed by atoms with E-state index in [9.17, 15) is 4.79 Å². The summed E-state index contributed by atoms with van der Waals surface area (Å²) in [6, 6.07) is 13.0. The normalized spacial score (nSPS) is 10.3. The maximum Gasteiger partial charge on any atom is 0.270 e. The molecule has 2 N–H and O–H groups in total. The zero-order valence-corrected chi connectivity index (χ0v) is 14.4. The Morgan fingerprint density at radius 1 is 1.19 bits per heavy atom. The van der Waals surface area contributed by atoms with E-state index in [2.05, 4.69) is 20.6 Å². The second-order valence-electron chi connectivity index (χ2n) is 5.54. The van der Waals surface area contributed by atoms with E-state index in [0.29, 0.717) is 31.0 Å². The first-order chi connectivity index (χ1) is 12.8. The molecule has 134 valence electrons. The van der Waals surface area contributed by atoms with Crippen LogP contribution in [-0.4, -0.2) is 29.5 Å². The summed E-state index contributed by atoms with van der Waals surface area (Å²) >= 11 is 0. The predicted molar refractivity (Wildman–Crippen MR) is 97.1 cm³/mol. The monoisotopic (exact) mass is 352 g/mol. The molecule has 0 aliphatic rings. The van der Waals surface area contributed by atoms with Gasteiger partial charge in [-0.2, -0.15) is 0 Å². The minimum absolute atomic E-state index is 0.247. The molecule has 0 radical (unpaired) electrons. The Labute approximate surface area is 151 Å². The summed E-state index contributed by atoms with van der Waals surface area (Å²) in [4.78, 5) is 20.4. The fourth-order valence-corrected chi connectivity index (χ4v) is 2.48. The highest BCUT2D eigenvalue weighted by molar-refractivity contribution is 5.92.